The molecule has 0 heterocycles. The highest BCUT2D eigenvalue weighted by molar-refractivity contribution is 9.10. The van der Waals surface area contributed by atoms with Gasteiger partial charge in [-0.15, -0.1) is 0 Å². The molecule has 1 unspecified atom stereocenters. The van der Waals surface area contributed by atoms with Crippen LogP contribution in [0.1, 0.15) is 31.9 Å². The number of hydrogen-bond acceptors (Lipinski definition) is 5. The van der Waals surface area contributed by atoms with Gasteiger partial charge in [0.25, 0.3) is 10.0 Å². The Balaban J connectivity index is 2.00. The molecule has 0 bridgehead atoms. The molecule has 10 heteroatoms. The normalized spacial score (nSPS) is 12.1. The van der Waals surface area contributed by atoms with Crippen molar-refractivity contribution in [2.24, 2.45) is 5.92 Å². The fourth-order valence-electron chi connectivity index (χ4n) is 3.96. The second kappa shape index (κ2) is 13.8. The molecule has 1 atom stereocenters. The molecule has 0 saturated carbocycles. The number of methoxy groups -OCH3 is 1. The molecule has 3 rings (SSSR count). The smallest absolute Gasteiger partial charge is 0.264 e. The predicted octanol–water partition coefficient (Wildman–Crippen LogP) is 5.15. The van der Waals surface area contributed by atoms with Gasteiger partial charge >= 0.3 is 0 Å². The van der Waals surface area contributed by atoms with Gasteiger partial charge in [-0.25, -0.2) is 8.42 Å². The lowest BCUT2D eigenvalue weighted by molar-refractivity contribution is -0.139. The Bertz CT molecular complexity index is 1410. The number of nitrogens with one attached hydrogen (secondary N) is 1. The molecule has 0 radical (unpaired) electrons. The Labute approximate surface area is 245 Å². The van der Waals surface area contributed by atoms with Gasteiger partial charge in [-0.1, -0.05) is 65.7 Å². The minimum absolute atomic E-state index is 0.0651. The first kappa shape index (κ1) is 31.2. The lowest BCUT2D eigenvalue weighted by Crippen LogP contribution is -2.51. The van der Waals surface area contributed by atoms with E-state index in [-0.39, 0.29) is 23.3 Å². The first-order valence-corrected chi connectivity index (χ1v) is 15.2. The van der Waals surface area contributed by atoms with Crippen molar-refractivity contribution >= 4 is 43.5 Å². The molecule has 0 fully saturated rings. The predicted molar refractivity (Wildman–Crippen MR) is 161 cm³/mol. The summed E-state index contributed by atoms with van der Waals surface area (Å²) in [4.78, 5) is 28.5. The van der Waals surface area contributed by atoms with Gasteiger partial charge in [0.1, 0.15) is 18.3 Å². The van der Waals surface area contributed by atoms with Crippen LogP contribution in [0.4, 0.5) is 5.69 Å². The number of halogens is 1. The molecule has 0 saturated heterocycles. The van der Waals surface area contributed by atoms with Crippen molar-refractivity contribution in [2.75, 3.05) is 24.5 Å². The van der Waals surface area contributed by atoms with Crippen molar-refractivity contribution in [1.29, 1.82) is 0 Å². The molecule has 3 aromatic carbocycles. The third-order valence-corrected chi connectivity index (χ3v) is 8.63. The van der Waals surface area contributed by atoms with Crippen molar-refractivity contribution in [3.63, 3.8) is 0 Å². The summed E-state index contributed by atoms with van der Waals surface area (Å²) in [5, 5.41) is 2.88. The van der Waals surface area contributed by atoms with Crippen LogP contribution in [0.5, 0.6) is 5.75 Å². The van der Waals surface area contributed by atoms with Gasteiger partial charge in [0.2, 0.25) is 11.8 Å². The number of nitrogens with zero attached hydrogens (tertiary/aromatic N) is 2. The fourth-order valence-corrected chi connectivity index (χ4v) is 5.75. The van der Waals surface area contributed by atoms with E-state index in [0.29, 0.717) is 22.5 Å². The van der Waals surface area contributed by atoms with Crippen LogP contribution in [0.2, 0.25) is 0 Å². The second-order valence-corrected chi connectivity index (χ2v) is 12.8. The van der Waals surface area contributed by atoms with Gasteiger partial charge in [-0.05, 0) is 67.8 Å². The number of carbonyl (C=O) groups is 2. The van der Waals surface area contributed by atoms with Crippen molar-refractivity contribution < 1.29 is 22.7 Å². The molecule has 0 aliphatic heterocycles. The van der Waals surface area contributed by atoms with Gasteiger partial charge in [-0.3, -0.25) is 13.9 Å². The molecule has 2 amide bonds. The summed E-state index contributed by atoms with van der Waals surface area (Å²) in [6, 6.07) is 19.6. The zero-order chi connectivity index (χ0) is 29.4. The molecular weight excluding hydrogens is 594 g/mol. The van der Waals surface area contributed by atoms with E-state index in [2.05, 4.69) is 21.2 Å². The van der Waals surface area contributed by atoms with Gasteiger partial charge in [0.15, 0.2) is 0 Å². The largest absolute Gasteiger partial charge is 0.497 e. The maximum absolute atomic E-state index is 14.0. The molecule has 0 spiro atoms. The molecule has 40 heavy (non-hydrogen) atoms. The van der Waals surface area contributed by atoms with Crippen molar-refractivity contribution in [1.82, 2.24) is 10.2 Å². The van der Waals surface area contributed by atoms with Gasteiger partial charge in [0, 0.05) is 17.6 Å². The van der Waals surface area contributed by atoms with E-state index >= 15 is 0 Å². The summed E-state index contributed by atoms with van der Waals surface area (Å²) in [6.07, 6.45) is 0. The Hall–Kier alpha value is -3.37. The van der Waals surface area contributed by atoms with Gasteiger partial charge in [0.05, 0.1) is 17.7 Å². The van der Waals surface area contributed by atoms with Crippen LogP contribution in [0, 0.1) is 12.8 Å². The number of anilines is 1. The second-order valence-electron chi connectivity index (χ2n) is 9.99. The Morgan fingerprint density at radius 3 is 2.20 bits per heavy atom. The van der Waals surface area contributed by atoms with Crippen LogP contribution in [0.15, 0.2) is 82.2 Å². The maximum Gasteiger partial charge on any atom is 0.264 e. The maximum atomic E-state index is 14.0. The Morgan fingerprint density at radius 1 is 0.975 bits per heavy atom. The lowest BCUT2D eigenvalue weighted by Gasteiger charge is -2.32. The Morgan fingerprint density at radius 2 is 1.62 bits per heavy atom. The van der Waals surface area contributed by atoms with E-state index in [1.54, 1.807) is 62.6 Å². The third-order valence-electron chi connectivity index (χ3n) is 6.35. The number of ether oxygens (including phenoxy) is 1. The van der Waals surface area contributed by atoms with Crippen LogP contribution in [0.3, 0.4) is 0 Å². The highest BCUT2D eigenvalue weighted by atomic mass is 79.9. The van der Waals surface area contributed by atoms with Gasteiger partial charge in [-0.2, -0.15) is 0 Å². The zero-order valence-corrected chi connectivity index (χ0v) is 25.8. The molecule has 3 aromatic rings. The average Bonchev–Trinajstić information content (AvgIpc) is 2.93. The van der Waals surface area contributed by atoms with Crippen molar-refractivity contribution in [3.05, 3.63) is 88.4 Å². The molecule has 0 aliphatic carbocycles. The minimum Gasteiger partial charge on any atom is -0.497 e. The molecule has 1 N–H and O–H groups in total. The van der Waals surface area contributed by atoms with Crippen molar-refractivity contribution in [2.45, 2.75) is 45.2 Å². The van der Waals surface area contributed by atoms with E-state index in [9.17, 15) is 18.0 Å². The summed E-state index contributed by atoms with van der Waals surface area (Å²) in [7, 11) is -2.55. The van der Waals surface area contributed by atoms with E-state index in [0.717, 1.165) is 15.4 Å². The zero-order valence-electron chi connectivity index (χ0n) is 23.4. The molecular formula is C30H36BrN3O5S. The number of sulfonamides is 1. The van der Waals surface area contributed by atoms with Gasteiger partial charge < -0.3 is 15.0 Å². The summed E-state index contributed by atoms with van der Waals surface area (Å²) >= 11 is 3.41. The summed E-state index contributed by atoms with van der Waals surface area (Å²) in [5.41, 5.74) is 2.01. The molecule has 0 aromatic heterocycles. The number of carbonyl (C=O) groups excluding carboxylic acids is 2. The van der Waals surface area contributed by atoms with Crippen molar-refractivity contribution in [3.8, 4) is 5.75 Å². The number of hydrogen-bond donors (Lipinski definition) is 1. The minimum atomic E-state index is -4.12. The standard InChI is InChI=1S/C30H36BrN3O5S/c1-21(2)18-32-30(36)23(4)33(19-24-11-13-27(39-5)14-12-24)29(35)20-34(26-8-6-7-25(31)17-26)40(37,38)28-15-9-22(3)10-16-28/h6-17,21,23H,18-20H2,1-5H3,(H,32,36). The first-order valence-electron chi connectivity index (χ1n) is 13.0. The monoisotopic (exact) mass is 629 g/mol. The van der Waals surface area contributed by atoms with E-state index < -0.39 is 28.5 Å². The third kappa shape index (κ3) is 8.08. The SMILES string of the molecule is COc1ccc(CN(C(=O)CN(c2cccc(Br)c2)S(=O)(=O)c2ccc(C)cc2)C(C)C(=O)NCC(C)C)cc1. The highest BCUT2D eigenvalue weighted by Crippen LogP contribution is 2.27. The summed E-state index contributed by atoms with van der Waals surface area (Å²) in [6.45, 7) is 7.55. The van der Waals surface area contributed by atoms with Crippen LogP contribution < -0.4 is 14.4 Å². The first-order chi connectivity index (χ1) is 18.9. The topological polar surface area (TPSA) is 96.0 Å². The highest BCUT2D eigenvalue weighted by Gasteiger charge is 2.32. The number of aryl methyl sites for hydroxylation is 1. The van der Waals surface area contributed by atoms with E-state index in [1.165, 1.54) is 17.0 Å². The molecule has 214 valence electrons. The number of rotatable bonds is 12. The summed E-state index contributed by atoms with van der Waals surface area (Å²) < 4.78 is 34.7. The molecule has 0 aliphatic rings. The number of benzene rings is 3. The molecule has 8 nitrogen and oxygen atoms in total. The van der Waals surface area contributed by atoms with Crippen LogP contribution in [-0.4, -0.2) is 51.4 Å². The Kier molecular flexibility index (Phi) is 10.8. The lowest BCUT2D eigenvalue weighted by atomic mass is 10.1. The van der Waals surface area contributed by atoms with Crippen LogP contribution in [0.25, 0.3) is 0 Å². The van der Waals surface area contributed by atoms with E-state index in [4.69, 9.17) is 4.74 Å². The quantitative estimate of drug-likeness (QED) is 0.299. The van der Waals surface area contributed by atoms with Crippen LogP contribution in [-0.2, 0) is 26.2 Å². The fraction of sp³-hybridized carbons (Fsp3) is 0.333. The number of amides is 2. The summed E-state index contributed by atoms with van der Waals surface area (Å²) in [5.74, 6) is 0.0626. The average molecular weight is 631 g/mol. The van der Waals surface area contributed by atoms with E-state index in [1.807, 2.05) is 32.9 Å². The van der Waals surface area contributed by atoms with Crippen LogP contribution >= 0.6 is 15.9 Å².